The molecule has 1 fully saturated rings. The first-order valence-electron chi connectivity index (χ1n) is 6.41. The lowest BCUT2D eigenvalue weighted by atomic mass is 10.1. The van der Waals surface area contributed by atoms with E-state index in [1.165, 1.54) is 0 Å². The maximum Gasteiger partial charge on any atom is 0.246 e. The average Bonchev–Trinajstić information content (AvgIpc) is 2.86. The smallest absolute Gasteiger partial charge is 0.246 e. The predicted octanol–water partition coefficient (Wildman–Crippen LogP) is 0.556. The van der Waals surface area contributed by atoms with Crippen molar-refractivity contribution in [3.8, 4) is 11.8 Å². The maximum atomic E-state index is 12.0. The molecule has 1 unspecified atom stereocenters. The van der Waals surface area contributed by atoms with Gasteiger partial charge in [-0.3, -0.25) is 9.59 Å². The van der Waals surface area contributed by atoms with Crippen LogP contribution in [0.3, 0.4) is 0 Å². The van der Waals surface area contributed by atoms with Crippen LogP contribution in [0.2, 0.25) is 0 Å². The van der Waals surface area contributed by atoms with Gasteiger partial charge in [-0.15, -0.1) is 0 Å². The van der Waals surface area contributed by atoms with Crippen molar-refractivity contribution >= 4 is 17.5 Å². The molecule has 0 saturated carbocycles. The van der Waals surface area contributed by atoms with Crippen LogP contribution in [0.15, 0.2) is 18.2 Å². The molecule has 20 heavy (non-hydrogen) atoms. The summed E-state index contributed by atoms with van der Waals surface area (Å²) in [6.07, 6.45) is 0.927. The fourth-order valence-corrected chi connectivity index (χ4v) is 2.05. The van der Waals surface area contributed by atoms with Gasteiger partial charge in [0.05, 0.1) is 0 Å². The maximum absolute atomic E-state index is 12.0. The van der Waals surface area contributed by atoms with E-state index in [1.807, 2.05) is 13.0 Å². The monoisotopic (exact) mass is 272 g/mol. The molecule has 0 aromatic heterocycles. The number of benzene rings is 1. The van der Waals surface area contributed by atoms with Crippen molar-refractivity contribution in [2.45, 2.75) is 25.8 Å². The van der Waals surface area contributed by atoms with E-state index in [0.29, 0.717) is 18.5 Å². The highest BCUT2D eigenvalue weighted by Gasteiger charge is 2.27. The lowest BCUT2D eigenvalue weighted by Gasteiger charge is -2.13. The fraction of sp³-hybridized carbons (Fsp3) is 0.333. The number of rotatable bonds is 2. The van der Waals surface area contributed by atoms with Gasteiger partial charge < -0.3 is 15.7 Å². The molecule has 3 N–H and O–H groups in total. The van der Waals surface area contributed by atoms with Gasteiger partial charge in [-0.1, -0.05) is 11.8 Å². The summed E-state index contributed by atoms with van der Waals surface area (Å²) < 4.78 is 0. The topological polar surface area (TPSA) is 78.4 Å². The Morgan fingerprint density at radius 3 is 2.95 bits per heavy atom. The number of nitrogens with one attached hydrogen (secondary N) is 2. The molecule has 1 saturated heterocycles. The lowest BCUT2D eigenvalue weighted by Crippen LogP contribution is -2.37. The van der Waals surface area contributed by atoms with Crippen molar-refractivity contribution < 1.29 is 14.7 Å². The highest BCUT2D eigenvalue weighted by molar-refractivity contribution is 5.99. The van der Waals surface area contributed by atoms with Crippen LogP contribution in [0.5, 0.6) is 0 Å². The average molecular weight is 272 g/mol. The summed E-state index contributed by atoms with van der Waals surface area (Å²) in [6, 6.07) is 4.94. The van der Waals surface area contributed by atoms with Crippen LogP contribution in [0.4, 0.5) is 5.69 Å². The van der Waals surface area contributed by atoms with Crippen LogP contribution in [-0.2, 0) is 9.59 Å². The minimum Gasteiger partial charge on any atom is -0.384 e. The Hall–Kier alpha value is -2.32. The standard InChI is InChI=1S/C15H16N2O3/c1-10-9-11(3-2-8-18)4-5-12(10)17-15(20)13-6-7-14(19)16-13/h4-5,9,13,18H,6-8H2,1H3,(H,16,19)(H,17,20). The van der Waals surface area contributed by atoms with Crippen molar-refractivity contribution in [3.63, 3.8) is 0 Å². The fourth-order valence-electron chi connectivity index (χ4n) is 2.05. The van der Waals surface area contributed by atoms with Gasteiger partial charge in [0, 0.05) is 17.7 Å². The third-order valence-electron chi connectivity index (χ3n) is 3.11. The summed E-state index contributed by atoms with van der Waals surface area (Å²) in [4.78, 5) is 23.1. The van der Waals surface area contributed by atoms with E-state index in [0.717, 1.165) is 11.1 Å². The summed E-state index contributed by atoms with van der Waals surface area (Å²) in [5.41, 5.74) is 2.36. The minimum absolute atomic E-state index is 0.0866. The molecule has 1 atom stereocenters. The van der Waals surface area contributed by atoms with E-state index in [-0.39, 0.29) is 18.4 Å². The largest absolute Gasteiger partial charge is 0.384 e. The molecule has 0 aliphatic carbocycles. The molecule has 0 bridgehead atoms. The summed E-state index contributed by atoms with van der Waals surface area (Å²) in [7, 11) is 0. The Morgan fingerprint density at radius 2 is 2.35 bits per heavy atom. The third-order valence-corrected chi connectivity index (χ3v) is 3.11. The van der Waals surface area contributed by atoms with Crippen LogP contribution in [0, 0.1) is 18.8 Å². The molecule has 1 aromatic rings. The van der Waals surface area contributed by atoms with Crippen LogP contribution in [0.25, 0.3) is 0 Å². The van der Waals surface area contributed by atoms with Gasteiger partial charge >= 0.3 is 0 Å². The molecule has 5 heteroatoms. The van der Waals surface area contributed by atoms with Crippen LogP contribution >= 0.6 is 0 Å². The molecule has 5 nitrogen and oxygen atoms in total. The number of amides is 2. The Kier molecular flexibility index (Phi) is 4.38. The van der Waals surface area contributed by atoms with E-state index in [9.17, 15) is 9.59 Å². The van der Waals surface area contributed by atoms with E-state index in [1.54, 1.807) is 12.1 Å². The molecule has 1 aliphatic rings. The zero-order valence-corrected chi connectivity index (χ0v) is 11.2. The van der Waals surface area contributed by atoms with Crippen molar-refractivity contribution in [3.05, 3.63) is 29.3 Å². The molecule has 104 valence electrons. The normalized spacial score (nSPS) is 17.1. The molecule has 1 heterocycles. The van der Waals surface area contributed by atoms with Gasteiger partial charge in [0.15, 0.2) is 0 Å². The predicted molar refractivity (Wildman–Crippen MR) is 74.9 cm³/mol. The zero-order chi connectivity index (χ0) is 14.5. The minimum atomic E-state index is -0.448. The Labute approximate surface area is 117 Å². The molecular weight excluding hydrogens is 256 g/mol. The SMILES string of the molecule is Cc1cc(C#CCO)ccc1NC(=O)C1CCC(=O)N1. The second-order valence-electron chi connectivity index (χ2n) is 4.64. The molecule has 0 radical (unpaired) electrons. The van der Waals surface area contributed by atoms with E-state index < -0.39 is 6.04 Å². The first-order chi connectivity index (χ1) is 9.60. The lowest BCUT2D eigenvalue weighted by molar-refractivity contribution is -0.122. The van der Waals surface area contributed by atoms with Crippen molar-refractivity contribution in [2.75, 3.05) is 11.9 Å². The molecule has 1 aliphatic heterocycles. The van der Waals surface area contributed by atoms with Gasteiger partial charge in [0.2, 0.25) is 11.8 Å². The summed E-state index contributed by atoms with van der Waals surface area (Å²) >= 11 is 0. The number of carbonyl (C=O) groups is 2. The third kappa shape index (κ3) is 3.37. The second-order valence-corrected chi connectivity index (χ2v) is 4.64. The van der Waals surface area contributed by atoms with E-state index in [4.69, 9.17) is 5.11 Å². The zero-order valence-electron chi connectivity index (χ0n) is 11.2. The number of hydrogen-bond acceptors (Lipinski definition) is 3. The Bertz CT molecular complexity index is 599. The number of aliphatic hydroxyl groups is 1. The highest BCUT2D eigenvalue weighted by atomic mass is 16.2. The molecule has 2 rings (SSSR count). The van der Waals surface area contributed by atoms with Gasteiger partial charge in [0.1, 0.15) is 12.6 Å². The number of aliphatic hydroxyl groups excluding tert-OH is 1. The van der Waals surface area contributed by atoms with Crippen LogP contribution < -0.4 is 10.6 Å². The molecular formula is C15H16N2O3. The van der Waals surface area contributed by atoms with Crippen LogP contribution in [-0.4, -0.2) is 29.6 Å². The number of aryl methyl sites for hydroxylation is 1. The van der Waals surface area contributed by atoms with E-state index in [2.05, 4.69) is 22.5 Å². The Balaban J connectivity index is 2.06. The van der Waals surface area contributed by atoms with Crippen molar-refractivity contribution in [1.82, 2.24) is 5.32 Å². The van der Waals surface area contributed by atoms with Gasteiger partial charge in [0.25, 0.3) is 0 Å². The number of anilines is 1. The Morgan fingerprint density at radius 1 is 1.55 bits per heavy atom. The first-order valence-corrected chi connectivity index (χ1v) is 6.41. The summed E-state index contributed by atoms with van der Waals surface area (Å²) in [5.74, 6) is 5.09. The van der Waals surface area contributed by atoms with Crippen LogP contribution in [0.1, 0.15) is 24.0 Å². The molecule has 1 aromatic carbocycles. The highest BCUT2D eigenvalue weighted by Crippen LogP contribution is 2.17. The quantitative estimate of drug-likeness (QED) is 0.688. The van der Waals surface area contributed by atoms with Crippen molar-refractivity contribution in [1.29, 1.82) is 0 Å². The number of hydrogen-bond donors (Lipinski definition) is 3. The first kappa shape index (κ1) is 14.1. The van der Waals surface area contributed by atoms with Gasteiger partial charge in [-0.2, -0.15) is 0 Å². The molecule has 0 spiro atoms. The van der Waals surface area contributed by atoms with Gasteiger partial charge in [-0.05, 0) is 37.1 Å². The summed E-state index contributed by atoms with van der Waals surface area (Å²) in [5, 5.41) is 14.1. The van der Waals surface area contributed by atoms with E-state index >= 15 is 0 Å². The van der Waals surface area contributed by atoms with Gasteiger partial charge in [-0.25, -0.2) is 0 Å². The van der Waals surface area contributed by atoms with Crippen molar-refractivity contribution in [2.24, 2.45) is 0 Å². The summed E-state index contributed by atoms with van der Waals surface area (Å²) in [6.45, 7) is 1.69. The second kappa shape index (κ2) is 6.22. The molecule has 2 amide bonds. The number of carbonyl (C=O) groups excluding carboxylic acids is 2.